The van der Waals surface area contributed by atoms with Crippen molar-refractivity contribution in [3.63, 3.8) is 0 Å². The predicted molar refractivity (Wildman–Crippen MR) is 201 cm³/mol. The van der Waals surface area contributed by atoms with Gasteiger partial charge in [-0.15, -0.1) is 5.10 Å². The van der Waals surface area contributed by atoms with Crippen molar-refractivity contribution in [2.24, 2.45) is 0 Å². The number of carbonyl (C=O) groups excluding carboxylic acids is 1. The molecule has 0 aliphatic carbocycles. The Morgan fingerprint density at radius 1 is 0.875 bits per heavy atom. The van der Waals surface area contributed by atoms with E-state index in [-0.39, 0.29) is 13.2 Å². The van der Waals surface area contributed by atoms with Crippen LogP contribution in [0.4, 0.5) is 0 Å². The molecule has 2 aliphatic rings. The van der Waals surface area contributed by atoms with Gasteiger partial charge in [0.25, 0.3) is 5.56 Å². The van der Waals surface area contributed by atoms with E-state index in [0.717, 1.165) is 11.1 Å². The number of esters is 1. The summed E-state index contributed by atoms with van der Waals surface area (Å²) in [5.74, 6) is -0.963. The van der Waals surface area contributed by atoms with E-state index in [1.54, 1.807) is 43.8 Å². The maximum atomic E-state index is 12.9. The highest BCUT2D eigenvalue weighted by Gasteiger charge is 2.57. The van der Waals surface area contributed by atoms with Gasteiger partial charge in [0.2, 0.25) is 0 Å². The molecule has 15 heteroatoms. The quantitative estimate of drug-likeness (QED) is 0.106. The number of rotatable bonds is 17. The zero-order valence-electron chi connectivity index (χ0n) is 31.4. The van der Waals surface area contributed by atoms with Gasteiger partial charge in [0.05, 0.1) is 26.0 Å². The minimum absolute atomic E-state index is 0.0184. The third kappa shape index (κ3) is 8.37. The van der Waals surface area contributed by atoms with Crippen LogP contribution in [0.2, 0.25) is 0 Å². The van der Waals surface area contributed by atoms with Gasteiger partial charge in [0, 0.05) is 25.9 Å². The van der Waals surface area contributed by atoms with E-state index in [4.69, 9.17) is 33.2 Å². The second-order valence-electron chi connectivity index (χ2n) is 13.9. The highest BCUT2D eigenvalue weighted by Crippen LogP contribution is 2.45. The number of ether oxygens (including phenoxy) is 7. The van der Waals surface area contributed by atoms with E-state index in [1.165, 1.54) is 16.8 Å². The summed E-state index contributed by atoms with van der Waals surface area (Å²) in [7, 11) is 1.55. The lowest BCUT2D eigenvalue weighted by atomic mass is 9.83. The van der Waals surface area contributed by atoms with Gasteiger partial charge in [-0.05, 0) is 49.9 Å². The summed E-state index contributed by atoms with van der Waals surface area (Å²) in [5, 5.41) is 9.20. The maximum absolute atomic E-state index is 12.9. The number of unbranched alkanes of at least 4 members (excludes halogenated alkanes) is 1. The number of nitrogens with zero attached hydrogens (tertiary/aromatic N) is 4. The summed E-state index contributed by atoms with van der Waals surface area (Å²) in [6.45, 7) is 5.02. The number of fused-ring (bicyclic) bond motifs is 1. The van der Waals surface area contributed by atoms with E-state index >= 15 is 0 Å². The number of hydrogen-bond donors (Lipinski definition) is 1. The van der Waals surface area contributed by atoms with Crippen LogP contribution in [0.25, 0.3) is 0 Å². The number of hydrogen-bond acceptors (Lipinski definition) is 12. The third-order valence-electron chi connectivity index (χ3n) is 9.64. The minimum atomic E-state index is -1.23. The normalized spacial score (nSPS) is 20.1. The van der Waals surface area contributed by atoms with Gasteiger partial charge in [0.1, 0.15) is 41.9 Å². The van der Waals surface area contributed by atoms with E-state index < -0.39 is 53.1 Å². The average Bonchev–Trinajstić information content (AvgIpc) is 3.90. The van der Waals surface area contributed by atoms with Crippen molar-refractivity contribution in [1.82, 2.24) is 24.5 Å². The number of carbonyl (C=O) groups is 1. The summed E-state index contributed by atoms with van der Waals surface area (Å²) in [4.78, 5) is 39.6. The summed E-state index contributed by atoms with van der Waals surface area (Å²) in [5.41, 5.74) is 0.185. The molecule has 1 N–H and O–H groups in total. The van der Waals surface area contributed by atoms with Gasteiger partial charge in [-0.25, -0.2) is 9.59 Å². The average molecular weight is 768 g/mol. The first-order chi connectivity index (χ1) is 27.2. The van der Waals surface area contributed by atoms with Crippen molar-refractivity contribution in [3.8, 4) is 5.75 Å². The van der Waals surface area contributed by atoms with Crippen LogP contribution in [0, 0.1) is 0 Å². The van der Waals surface area contributed by atoms with Gasteiger partial charge in [-0.3, -0.25) is 19.0 Å². The molecular formula is C41H45N5O10. The lowest BCUT2D eigenvalue weighted by molar-refractivity contribution is -0.205. The number of aromatic amines is 1. The van der Waals surface area contributed by atoms with Crippen LogP contribution in [0.3, 0.4) is 0 Å². The standard InChI is InChI=1S/C41H45N5O10/c1-40(2)55-35-32(54-37(36(35)56-40)46-22-20-34(47)42-39(46)49)27-53-41(28-14-6-4-7-15-28,29-16-8-5-9-17-29)33-26-45(44-43-33)21-12-13-23-51-31-19-11-10-18-30(31)38(48)52-25-24-50-3/h4-11,14-20,22,26,32,35-37H,12-13,21,23-25,27H2,1-3H3,(H,42,47,49)/t32-,35-,36-,37-/m1/s1. The number of para-hydroxylation sites is 1. The fourth-order valence-electron chi connectivity index (χ4n) is 7.08. The Morgan fingerprint density at radius 3 is 2.29 bits per heavy atom. The molecule has 4 heterocycles. The van der Waals surface area contributed by atoms with Gasteiger partial charge < -0.3 is 33.2 Å². The molecule has 2 aromatic heterocycles. The molecule has 2 fully saturated rings. The predicted octanol–water partition coefficient (Wildman–Crippen LogP) is 4.22. The molecule has 0 saturated carbocycles. The van der Waals surface area contributed by atoms with Gasteiger partial charge >= 0.3 is 11.7 Å². The van der Waals surface area contributed by atoms with Gasteiger partial charge in [-0.2, -0.15) is 0 Å². The molecule has 0 unspecified atom stereocenters. The number of aryl methyl sites for hydroxylation is 1. The summed E-state index contributed by atoms with van der Waals surface area (Å²) in [6, 6.07) is 27.8. The Balaban J connectivity index is 1.10. The van der Waals surface area contributed by atoms with Crippen molar-refractivity contribution in [3.05, 3.63) is 147 Å². The van der Waals surface area contributed by atoms with Crippen molar-refractivity contribution >= 4 is 5.97 Å². The summed E-state index contributed by atoms with van der Waals surface area (Å²) >= 11 is 0. The lowest BCUT2D eigenvalue weighted by Gasteiger charge is -2.35. The Hall–Kier alpha value is -5.45. The molecule has 15 nitrogen and oxygen atoms in total. The molecule has 4 atom stereocenters. The van der Waals surface area contributed by atoms with E-state index in [0.29, 0.717) is 49.6 Å². The number of methoxy groups -OCH3 is 1. The van der Waals surface area contributed by atoms with Crippen LogP contribution in [-0.4, -0.2) is 88.2 Å². The smallest absolute Gasteiger partial charge is 0.342 e. The second kappa shape index (κ2) is 17.1. The summed E-state index contributed by atoms with van der Waals surface area (Å²) < 4.78 is 45.4. The molecule has 2 aliphatic heterocycles. The second-order valence-corrected chi connectivity index (χ2v) is 13.9. The molecule has 0 amide bonds. The van der Waals surface area contributed by atoms with Crippen LogP contribution in [0.15, 0.2) is 113 Å². The van der Waals surface area contributed by atoms with E-state index in [9.17, 15) is 14.4 Å². The first-order valence-corrected chi connectivity index (χ1v) is 18.5. The monoisotopic (exact) mass is 767 g/mol. The van der Waals surface area contributed by atoms with Crippen LogP contribution in [-0.2, 0) is 40.6 Å². The third-order valence-corrected chi connectivity index (χ3v) is 9.64. The van der Waals surface area contributed by atoms with Crippen LogP contribution in [0.1, 0.15) is 60.1 Å². The Bertz CT molecular complexity index is 2150. The largest absolute Gasteiger partial charge is 0.493 e. The molecule has 0 spiro atoms. The first-order valence-electron chi connectivity index (χ1n) is 18.5. The molecule has 2 saturated heterocycles. The van der Waals surface area contributed by atoms with Crippen LogP contribution < -0.4 is 16.0 Å². The number of aromatic nitrogens is 5. The van der Waals surface area contributed by atoms with E-state index in [1.807, 2.05) is 72.9 Å². The Morgan fingerprint density at radius 2 is 1.57 bits per heavy atom. The SMILES string of the molecule is COCCOC(=O)c1ccccc1OCCCCn1cc(C(OC[C@H]2O[C@@H](n3ccc(=O)[nH]c3=O)[C@@H]3OC(C)(C)O[C@@H]32)(c2ccccc2)c2ccccc2)nn1. The molecule has 3 aromatic carbocycles. The zero-order chi connectivity index (χ0) is 39.1. The number of nitrogens with one attached hydrogen (secondary N) is 1. The van der Waals surface area contributed by atoms with Crippen molar-refractivity contribution in [2.45, 2.75) is 69.2 Å². The Kier molecular flexibility index (Phi) is 11.9. The molecular weight excluding hydrogens is 722 g/mol. The topological polar surface area (TPSA) is 167 Å². The fraction of sp³-hybridized carbons (Fsp3) is 0.390. The van der Waals surface area contributed by atoms with Gasteiger partial charge in [0.15, 0.2) is 17.6 Å². The molecule has 56 heavy (non-hydrogen) atoms. The number of benzene rings is 3. The highest BCUT2D eigenvalue weighted by atomic mass is 16.8. The highest BCUT2D eigenvalue weighted by molar-refractivity contribution is 5.92. The minimum Gasteiger partial charge on any atom is -0.493 e. The molecule has 5 aromatic rings. The first kappa shape index (κ1) is 38.8. The molecule has 294 valence electrons. The van der Waals surface area contributed by atoms with Crippen molar-refractivity contribution in [2.75, 3.05) is 33.5 Å². The van der Waals surface area contributed by atoms with Crippen molar-refractivity contribution < 1.29 is 38.0 Å². The van der Waals surface area contributed by atoms with Crippen LogP contribution in [0.5, 0.6) is 5.75 Å². The fourth-order valence-corrected chi connectivity index (χ4v) is 7.08. The molecule has 0 bridgehead atoms. The lowest BCUT2D eigenvalue weighted by Crippen LogP contribution is -2.40. The molecule has 0 radical (unpaired) electrons. The van der Waals surface area contributed by atoms with Crippen LogP contribution >= 0.6 is 0 Å². The van der Waals surface area contributed by atoms with Gasteiger partial charge in [-0.1, -0.05) is 78.0 Å². The van der Waals surface area contributed by atoms with E-state index in [2.05, 4.69) is 15.3 Å². The Labute approximate surface area is 323 Å². The zero-order valence-corrected chi connectivity index (χ0v) is 31.4. The van der Waals surface area contributed by atoms with Crippen molar-refractivity contribution in [1.29, 1.82) is 0 Å². The maximum Gasteiger partial charge on any atom is 0.342 e. The molecule has 7 rings (SSSR count). The number of H-pyrrole nitrogens is 1. The summed E-state index contributed by atoms with van der Waals surface area (Å²) in [6.07, 6.45) is 1.87.